The minimum absolute atomic E-state index is 0.0966. The van der Waals surface area contributed by atoms with Gasteiger partial charge in [-0.2, -0.15) is 0 Å². The number of halogens is 3. The molecule has 0 fully saturated rings. The van der Waals surface area contributed by atoms with E-state index >= 15 is 0 Å². The van der Waals surface area contributed by atoms with Crippen LogP contribution >= 0.6 is 51.3 Å². The number of carbonyl (C=O) groups excluding carboxylic acids is 1. The van der Waals surface area contributed by atoms with E-state index in [0.717, 1.165) is 16.5 Å². The van der Waals surface area contributed by atoms with Gasteiger partial charge in [-0.15, -0.1) is 0 Å². The van der Waals surface area contributed by atoms with Crippen LogP contribution in [-0.4, -0.2) is 17.6 Å². The van der Waals surface area contributed by atoms with Crippen molar-refractivity contribution in [3.63, 3.8) is 0 Å². The Morgan fingerprint density at radius 3 is 2.57 bits per heavy atom. The summed E-state index contributed by atoms with van der Waals surface area (Å²) in [5.74, 6) is 0.0666. The highest BCUT2D eigenvalue weighted by Crippen LogP contribution is 2.26. The van der Waals surface area contributed by atoms with Crippen LogP contribution in [0.1, 0.15) is 15.9 Å². The van der Waals surface area contributed by atoms with Crippen molar-refractivity contribution in [2.75, 3.05) is 11.9 Å². The van der Waals surface area contributed by atoms with Gasteiger partial charge in [0.1, 0.15) is 5.75 Å². The van der Waals surface area contributed by atoms with E-state index < -0.39 is 5.91 Å². The number of amides is 1. The van der Waals surface area contributed by atoms with Gasteiger partial charge >= 0.3 is 0 Å². The highest BCUT2D eigenvalue weighted by atomic mass is 79.9. The summed E-state index contributed by atoms with van der Waals surface area (Å²) in [6.45, 7) is 0.437. The van der Waals surface area contributed by atoms with Crippen molar-refractivity contribution in [3.8, 4) is 5.75 Å². The molecular formula is C22H17BrCl2N2O2S. The molecule has 0 unspecified atom stereocenters. The summed E-state index contributed by atoms with van der Waals surface area (Å²) in [4.78, 5) is 12.8. The monoisotopic (exact) mass is 522 g/mol. The average Bonchev–Trinajstić information content (AvgIpc) is 2.72. The van der Waals surface area contributed by atoms with E-state index in [1.807, 2.05) is 36.4 Å². The Balaban J connectivity index is 1.66. The highest BCUT2D eigenvalue weighted by Gasteiger charge is 2.15. The maximum absolute atomic E-state index is 12.8. The first-order valence-electron chi connectivity index (χ1n) is 8.96. The fourth-order valence-corrected chi connectivity index (χ4v) is 3.55. The maximum Gasteiger partial charge on any atom is 0.261 e. The molecule has 0 bridgehead atoms. The summed E-state index contributed by atoms with van der Waals surface area (Å²) in [7, 11) is 0. The third-order valence-corrected chi connectivity index (χ3v) is 5.34. The quantitative estimate of drug-likeness (QED) is 0.362. The van der Waals surface area contributed by atoms with E-state index in [0.29, 0.717) is 33.7 Å². The third-order valence-electron chi connectivity index (χ3n) is 4.08. The summed E-state index contributed by atoms with van der Waals surface area (Å²) in [5, 5.41) is 6.55. The second kappa shape index (κ2) is 10.8. The van der Waals surface area contributed by atoms with Gasteiger partial charge in [-0.3, -0.25) is 10.1 Å². The van der Waals surface area contributed by atoms with Gasteiger partial charge in [-0.05, 0) is 54.2 Å². The number of ether oxygens (including phenoxy) is 1. The fraction of sp³-hybridized carbons (Fsp3) is 0.0909. The normalized spacial score (nSPS) is 10.4. The summed E-state index contributed by atoms with van der Waals surface area (Å²) >= 11 is 20.7. The Morgan fingerprint density at radius 2 is 1.80 bits per heavy atom. The molecule has 154 valence electrons. The van der Waals surface area contributed by atoms with Crippen molar-refractivity contribution in [1.29, 1.82) is 0 Å². The number of nitrogens with one attached hydrogen (secondary N) is 2. The largest absolute Gasteiger partial charge is 0.492 e. The smallest absolute Gasteiger partial charge is 0.261 e. The number of thiocarbonyl (C=S) groups is 1. The Hall–Kier alpha value is -2.12. The van der Waals surface area contributed by atoms with Crippen molar-refractivity contribution < 1.29 is 9.53 Å². The lowest BCUT2D eigenvalue weighted by molar-refractivity contribution is 0.0973. The third kappa shape index (κ3) is 6.44. The minimum atomic E-state index is -0.401. The Kier molecular flexibility index (Phi) is 8.10. The molecule has 0 aliphatic carbocycles. The highest BCUT2D eigenvalue weighted by molar-refractivity contribution is 9.10. The van der Waals surface area contributed by atoms with Gasteiger partial charge in [0.2, 0.25) is 0 Å². The summed E-state index contributed by atoms with van der Waals surface area (Å²) in [5.41, 5.74) is 2.02. The molecule has 0 saturated carbocycles. The zero-order valence-electron chi connectivity index (χ0n) is 15.6. The van der Waals surface area contributed by atoms with Crippen LogP contribution in [0.4, 0.5) is 5.69 Å². The zero-order chi connectivity index (χ0) is 21.5. The second-order valence-electron chi connectivity index (χ2n) is 6.26. The topological polar surface area (TPSA) is 50.4 Å². The summed E-state index contributed by atoms with van der Waals surface area (Å²) in [6.07, 6.45) is 0.727. The predicted molar refractivity (Wildman–Crippen MR) is 130 cm³/mol. The van der Waals surface area contributed by atoms with Gasteiger partial charge in [0.15, 0.2) is 5.11 Å². The molecule has 0 aromatic heterocycles. The van der Waals surface area contributed by atoms with Crippen LogP contribution in [0.2, 0.25) is 10.0 Å². The lowest BCUT2D eigenvalue weighted by Gasteiger charge is -2.14. The molecule has 0 spiro atoms. The van der Waals surface area contributed by atoms with Crippen LogP contribution in [0.25, 0.3) is 0 Å². The number of rotatable bonds is 6. The Bertz CT molecular complexity index is 1060. The number of carbonyl (C=O) groups is 1. The van der Waals surface area contributed by atoms with Gasteiger partial charge < -0.3 is 10.1 Å². The molecule has 1 amide bonds. The van der Waals surface area contributed by atoms with Crippen LogP contribution in [0.5, 0.6) is 5.75 Å². The molecule has 3 aromatic carbocycles. The molecule has 3 aromatic rings. The van der Waals surface area contributed by atoms with Crippen molar-refractivity contribution >= 4 is 68.1 Å². The van der Waals surface area contributed by atoms with Crippen molar-refractivity contribution in [2.45, 2.75) is 6.42 Å². The van der Waals surface area contributed by atoms with E-state index in [4.69, 9.17) is 40.2 Å². The van der Waals surface area contributed by atoms with E-state index in [9.17, 15) is 4.79 Å². The van der Waals surface area contributed by atoms with Crippen molar-refractivity contribution in [1.82, 2.24) is 5.32 Å². The molecule has 0 aliphatic rings. The van der Waals surface area contributed by atoms with Crippen LogP contribution in [0.3, 0.4) is 0 Å². The van der Waals surface area contributed by atoms with E-state index in [-0.39, 0.29) is 5.11 Å². The molecule has 0 radical (unpaired) electrons. The van der Waals surface area contributed by atoms with Gasteiger partial charge in [0.25, 0.3) is 5.91 Å². The van der Waals surface area contributed by atoms with Gasteiger partial charge in [-0.1, -0.05) is 69.5 Å². The summed E-state index contributed by atoms with van der Waals surface area (Å²) < 4.78 is 6.62. The first kappa shape index (κ1) is 22.6. The fourth-order valence-electron chi connectivity index (χ4n) is 2.65. The van der Waals surface area contributed by atoms with E-state index in [1.165, 1.54) is 0 Å². The number of hydrogen-bond donors (Lipinski definition) is 2. The van der Waals surface area contributed by atoms with Crippen LogP contribution < -0.4 is 15.4 Å². The second-order valence-corrected chi connectivity index (χ2v) is 8.42. The predicted octanol–water partition coefficient (Wildman–Crippen LogP) is 6.50. The van der Waals surface area contributed by atoms with E-state index in [1.54, 1.807) is 30.3 Å². The van der Waals surface area contributed by atoms with Gasteiger partial charge in [-0.25, -0.2) is 0 Å². The van der Waals surface area contributed by atoms with Crippen molar-refractivity contribution in [3.05, 3.63) is 92.4 Å². The molecule has 3 rings (SSSR count). The minimum Gasteiger partial charge on any atom is -0.492 e. The Labute approximate surface area is 198 Å². The zero-order valence-corrected chi connectivity index (χ0v) is 19.5. The SMILES string of the molecule is O=C(NC(=S)Nc1cc(Cl)ccc1Cl)c1cc(Br)ccc1OCCc1ccccc1. The molecule has 30 heavy (non-hydrogen) atoms. The number of anilines is 1. The molecule has 2 N–H and O–H groups in total. The molecule has 0 atom stereocenters. The standard InChI is InChI=1S/C22H17BrCl2N2O2S/c23-15-6-9-20(29-11-10-14-4-2-1-3-5-14)17(12-15)21(28)27-22(30)26-19-13-16(24)7-8-18(19)25/h1-9,12-13H,10-11H2,(H2,26,27,28,30). The van der Waals surface area contributed by atoms with Gasteiger partial charge in [0, 0.05) is 15.9 Å². The van der Waals surface area contributed by atoms with Crippen LogP contribution in [0.15, 0.2) is 71.2 Å². The molecular weight excluding hydrogens is 507 g/mol. The number of hydrogen-bond acceptors (Lipinski definition) is 3. The molecule has 4 nitrogen and oxygen atoms in total. The van der Waals surface area contributed by atoms with Crippen LogP contribution in [0, 0.1) is 0 Å². The Morgan fingerprint density at radius 1 is 1.03 bits per heavy atom. The molecule has 0 aliphatic heterocycles. The number of benzene rings is 3. The van der Waals surface area contributed by atoms with Gasteiger partial charge in [0.05, 0.1) is 22.9 Å². The lowest BCUT2D eigenvalue weighted by atomic mass is 10.1. The average molecular weight is 524 g/mol. The molecule has 0 heterocycles. The van der Waals surface area contributed by atoms with E-state index in [2.05, 4.69) is 26.6 Å². The van der Waals surface area contributed by atoms with Crippen LogP contribution in [-0.2, 0) is 6.42 Å². The first-order chi connectivity index (χ1) is 14.4. The molecule has 8 heteroatoms. The molecule has 0 saturated heterocycles. The maximum atomic E-state index is 12.8. The summed E-state index contributed by atoms with van der Waals surface area (Å²) in [6, 6.07) is 20.2. The first-order valence-corrected chi connectivity index (χ1v) is 10.9. The lowest BCUT2D eigenvalue weighted by Crippen LogP contribution is -2.34. The van der Waals surface area contributed by atoms with Crippen molar-refractivity contribution in [2.24, 2.45) is 0 Å².